The van der Waals surface area contributed by atoms with Crippen LogP contribution in [-0.2, 0) is 0 Å². The van der Waals surface area contributed by atoms with Gasteiger partial charge in [0, 0.05) is 31.8 Å². The Kier molecular flexibility index (Phi) is 5.18. The van der Waals surface area contributed by atoms with E-state index in [0.29, 0.717) is 6.42 Å². The largest absolute Gasteiger partial charge is 0.497 e. The second-order valence-corrected chi connectivity index (χ2v) is 5.57. The third-order valence-electron chi connectivity index (χ3n) is 3.19. The van der Waals surface area contributed by atoms with E-state index in [9.17, 15) is 4.79 Å². The van der Waals surface area contributed by atoms with Crippen LogP contribution in [0.1, 0.15) is 22.5 Å². The summed E-state index contributed by atoms with van der Waals surface area (Å²) < 4.78 is 5.22. The lowest BCUT2D eigenvalue weighted by molar-refractivity contribution is 0.0984. The molecule has 0 aliphatic carbocycles. The molecule has 0 saturated heterocycles. The number of ketones is 1. The summed E-state index contributed by atoms with van der Waals surface area (Å²) in [4.78, 5) is 14.9. The van der Waals surface area contributed by atoms with Gasteiger partial charge in [0.15, 0.2) is 5.78 Å². The van der Waals surface area contributed by atoms with E-state index < -0.39 is 0 Å². The Bertz CT molecular complexity index is 551. The smallest absolute Gasteiger partial charge is 0.172 e. The molecule has 1 aromatic heterocycles. The summed E-state index contributed by atoms with van der Waals surface area (Å²) in [5.41, 5.74) is 1.10. The lowest BCUT2D eigenvalue weighted by Crippen LogP contribution is -2.19. The molecule has 0 radical (unpaired) electrons. The van der Waals surface area contributed by atoms with Gasteiger partial charge in [-0.1, -0.05) is 12.1 Å². The van der Waals surface area contributed by atoms with Crippen molar-refractivity contribution in [3.8, 4) is 5.75 Å². The Morgan fingerprint density at radius 3 is 2.85 bits per heavy atom. The number of rotatable bonds is 7. The van der Waals surface area contributed by atoms with Crippen molar-refractivity contribution in [2.45, 2.75) is 12.8 Å². The molecular formula is C16H19NO2S. The van der Waals surface area contributed by atoms with Crippen LogP contribution in [0.15, 0.2) is 41.8 Å². The first-order valence-corrected chi connectivity index (χ1v) is 7.50. The van der Waals surface area contributed by atoms with Gasteiger partial charge in [-0.15, -0.1) is 11.3 Å². The third kappa shape index (κ3) is 3.84. The van der Waals surface area contributed by atoms with Crippen LogP contribution in [0, 0.1) is 0 Å². The van der Waals surface area contributed by atoms with Crippen molar-refractivity contribution in [3.05, 3.63) is 46.7 Å². The molecule has 106 valence electrons. The summed E-state index contributed by atoms with van der Waals surface area (Å²) in [6, 6.07) is 11.8. The van der Waals surface area contributed by atoms with E-state index in [0.717, 1.165) is 29.3 Å². The molecule has 0 atom stereocenters. The van der Waals surface area contributed by atoms with E-state index >= 15 is 0 Å². The normalized spacial score (nSPS) is 10.3. The van der Waals surface area contributed by atoms with Crippen molar-refractivity contribution in [1.29, 1.82) is 0 Å². The van der Waals surface area contributed by atoms with Crippen LogP contribution in [-0.4, -0.2) is 26.5 Å². The number of ether oxygens (including phenoxy) is 1. The number of benzene rings is 1. The molecule has 0 N–H and O–H groups in total. The highest BCUT2D eigenvalue weighted by atomic mass is 32.1. The Labute approximate surface area is 123 Å². The highest BCUT2D eigenvalue weighted by molar-refractivity contribution is 7.12. The number of thiophene rings is 1. The lowest BCUT2D eigenvalue weighted by atomic mass is 10.2. The molecule has 0 saturated carbocycles. The van der Waals surface area contributed by atoms with Crippen molar-refractivity contribution in [1.82, 2.24) is 0 Å². The van der Waals surface area contributed by atoms with Gasteiger partial charge in [-0.3, -0.25) is 4.79 Å². The van der Waals surface area contributed by atoms with Crippen molar-refractivity contribution in [2.75, 3.05) is 25.6 Å². The van der Waals surface area contributed by atoms with Crippen LogP contribution >= 0.6 is 11.3 Å². The van der Waals surface area contributed by atoms with Crippen LogP contribution in [0.5, 0.6) is 5.75 Å². The maximum Gasteiger partial charge on any atom is 0.172 e. The van der Waals surface area contributed by atoms with Crippen LogP contribution in [0.3, 0.4) is 0 Å². The fraction of sp³-hybridized carbons (Fsp3) is 0.312. The maximum atomic E-state index is 11.9. The summed E-state index contributed by atoms with van der Waals surface area (Å²) in [5.74, 6) is 1.09. The summed E-state index contributed by atoms with van der Waals surface area (Å²) >= 11 is 1.51. The zero-order chi connectivity index (χ0) is 14.4. The average Bonchev–Trinajstić information content (AvgIpc) is 3.01. The SMILES string of the molecule is COc1cccc(N(C)CCCC(=O)c2cccs2)c1. The van der Waals surface area contributed by atoms with E-state index in [1.165, 1.54) is 11.3 Å². The van der Waals surface area contributed by atoms with Crippen molar-refractivity contribution in [2.24, 2.45) is 0 Å². The number of anilines is 1. The van der Waals surface area contributed by atoms with Gasteiger partial charge in [-0.25, -0.2) is 0 Å². The predicted molar refractivity (Wildman–Crippen MR) is 84.1 cm³/mol. The zero-order valence-electron chi connectivity index (χ0n) is 11.8. The maximum absolute atomic E-state index is 11.9. The van der Waals surface area contributed by atoms with Gasteiger partial charge in [0.05, 0.1) is 12.0 Å². The van der Waals surface area contributed by atoms with Gasteiger partial charge in [-0.05, 0) is 30.0 Å². The number of carbonyl (C=O) groups excluding carboxylic acids is 1. The number of hydrogen-bond donors (Lipinski definition) is 0. The minimum Gasteiger partial charge on any atom is -0.497 e. The monoisotopic (exact) mass is 289 g/mol. The summed E-state index contributed by atoms with van der Waals surface area (Å²) in [7, 11) is 3.70. The first-order valence-electron chi connectivity index (χ1n) is 6.62. The number of nitrogens with zero attached hydrogens (tertiary/aromatic N) is 1. The summed E-state index contributed by atoms with van der Waals surface area (Å²) in [6.45, 7) is 0.851. The minimum absolute atomic E-state index is 0.235. The number of Topliss-reactive ketones (excluding diaryl/α,β-unsaturated/α-hetero) is 1. The van der Waals surface area contributed by atoms with Gasteiger partial charge >= 0.3 is 0 Å². The van der Waals surface area contributed by atoms with E-state index in [1.807, 2.05) is 48.8 Å². The molecule has 0 aliphatic rings. The van der Waals surface area contributed by atoms with Crippen LogP contribution in [0.25, 0.3) is 0 Å². The lowest BCUT2D eigenvalue weighted by Gasteiger charge is -2.19. The van der Waals surface area contributed by atoms with Crippen LogP contribution in [0.2, 0.25) is 0 Å². The van der Waals surface area contributed by atoms with Crippen molar-refractivity contribution >= 4 is 22.8 Å². The molecule has 2 aromatic rings. The Morgan fingerprint density at radius 2 is 2.15 bits per heavy atom. The van der Waals surface area contributed by atoms with Crippen LogP contribution < -0.4 is 9.64 Å². The molecule has 3 nitrogen and oxygen atoms in total. The van der Waals surface area contributed by atoms with Crippen molar-refractivity contribution in [3.63, 3.8) is 0 Å². The van der Waals surface area contributed by atoms with E-state index in [1.54, 1.807) is 7.11 Å². The standard InChI is InChI=1S/C16H19NO2S/c1-17(13-6-3-7-14(12-13)19-2)10-4-8-15(18)16-9-5-11-20-16/h3,5-7,9,11-12H,4,8,10H2,1-2H3. The van der Waals surface area contributed by atoms with E-state index in [-0.39, 0.29) is 5.78 Å². The highest BCUT2D eigenvalue weighted by Gasteiger charge is 2.08. The number of carbonyl (C=O) groups is 1. The Hall–Kier alpha value is -1.81. The molecule has 2 rings (SSSR count). The van der Waals surface area contributed by atoms with E-state index in [4.69, 9.17) is 4.74 Å². The van der Waals surface area contributed by atoms with Gasteiger partial charge in [0.25, 0.3) is 0 Å². The quantitative estimate of drug-likeness (QED) is 0.725. The second-order valence-electron chi connectivity index (χ2n) is 4.63. The molecule has 0 aliphatic heterocycles. The first-order chi connectivity index (χ1) is 9.70. The molecule has 0 fully saturated rings. The second kappa shape index (κ2) is 7.10. The molecule has 1 heterocycles. The summed E-state index contributed by atoms with van der Waals surface area (Å²) in [5, 5.41) is 1.94. The molecule has 1 aromatic carbocycles. The fourth-order valence-corrected chi connectivity index (χ4v) is 2.71. The van der Waals surface area contributed by atoms with Gasteiger partial charge in [-0.2, -0.15) is 0 Å². The highest BCUT2D eigenvalue weighted by Crippen LogP contribution is 2.20. The van der Waals surface area contributed by atoms with Gasteiger partial charge in [0.1, 0.15) is 5.75 Å². The molecule has 4 heteroatoms. The number of methoxy groups -OCH3 is 1. The third-order valence-corrected chi connectivity index (χ3v) is 4.10. The number of hydrogen-bond acceptors (Lipinski definition) is 4. The molecule has 0 amide bonds. The fourth-order valence-electron chi connectivity index (χ4n) is 2.01. The van der Waals surface area contributed by atoms with Crippen LogP contribution in [0.4, 0.5) is 5.69 Å². The van der Waals surface area contributed by atoms with E-state index in [2.05, 4.69) is 4.90 Å². The average molecular weight is 289 g/mol. The first kappa shape index (κ1) is 14.6. The Balaban J connectivity index is 1.83. The minimum atomic E-state index is 0.235. The molecule has 0 unspecified atom stereocenters. The molecule has 0 bridgehead atoms. The Morgan fingerprint density at radius 1 is 1.30 bits per heavy atom. The molecule has 20 heavy (non-hydrogen) atoms. The zero-order valence-corrected chi connectivity index (χ0v) is 12.7. The van der Waals surface area contributed by atoms with Gasteiger partial charge < -0.3 is 9.64 Å². The summed E-state index contributed by atoms with van der Waals surface area (Å²) in [6.07, 6.45) is 1.44. The van der Waals surface area contributed by atoms with Gasteiger partial charge in [0.2, 0.25) is 0 Å². The molecule has 0 spiro atoms. The predicted octanol–water partition coefficient (Wildman–Crippen LogP) is 3.86. The topological polar surface area (TPSA) is 29.5 Å². The molecular weight excluding hydrogens is 270 g/mol. The van der Waals surface area contributed by atoms with Crippen molar-refractivity contribution < 1.29 is 9.53 Å².